The minimum absolute atomic E-state index is 0. The van der Waals surface area contributed by atoms with Gasteiger partial charge >= 0.3 is 23.1 Å². The number of rotatable bonds is 5. The fourth-order valence-corrected chi connectivity index (χ4v) is 0.378. The van der Waals surface area contributed by atoms with Gasteiger partial charge in [-0.1, -0.05) is 13.3 Å². The Hall–Kier alpha value is 0.396. The Morgan fingerprint density at radius 2 is 2.22 bits per heavy atom. The Morgan fingerprint density at radius 1 is 1.56 bits per heavy atom. The molecule has 0 saturated heterocycles. The van der Waals surface area contributed by atoms with E-state index in [1.807, 2.05) is 0 Å². The summed E-state index contributed by atoms with van der Waals surface area (Å²) in [5.41, 5.74) is 0. The molecule has 0 aliphatic carbocycles. The van der Waals surface area contributed by atoms with Crippen molar-refractivity contribution in [3.8, 4) is 0 Å². The van der Waals surface area contributed by atoms with Crippen LogP contribution in [0.3, 0.4) is 0 Å². The average molecular weight is 142 g/mol. The summed E-state index contributed by atoms with van der Waals surface area (Å²) in [6, 6.07) is 0. The van der Waals surface area contributed by atoms with Crippen molar-refractivity contribution in [2.45, 2.75) is 19.8 Å². The normalized spacial score (nSPS) is 8.11. The topological polar surface area (TPSA) is 26.3 Å². The molecule has 0 rings (SSSR count). The second-order valence-electron chi connectivity index (χ2n) is 1.60. The van der Waals surface area contributed by atoms with Gasteiger partial charge in [-0.15, -0.1) is 0 Å². The van der Waals surface area contributed by atoms with Gasteiger partial charge in [0.15, 0.2) is 0 Å². The van der Waals surface area contributed by atoms with Crippen molar-refractivity contribution < 1.29 is 9.53 Å². The van der Waals surface area contributed by atoms with Crippen molar-refractivity contribution in [3.63, 3.8) is 0 Å². The molecule has 0 aliphatic rings. The first kappa shape index (κ1) is 12.1. The van der Waals surface area contributed by atoms with Crippen LogP contribution in [0.5, 0.6) is 0 Å². The maximum Gasteiger partial charge on any atom is 0.316 e. The van der Waals surface area contributed by atoms with Crippen LogP contribution in [-0.2, 0) is 9.53 Å². The van der Waals surface area contributed by atoms with Gasteiger partial charge in [-0.3, -0.25) is 0 Å². The molecule has 0 N–H and O–H groups in total. The first-order valence-corrected chi connectivity index (χ1v) is 2.93. The van der Waals surface area contributed by atoms with Crippen molar-refractivity contribution in [2.75, 3.05) is 13.2 Å². The number of aldehydes is 1. The third-order valence-corrected chi connectivity index (χ3v) is 0.828. The molecule has 0 aromatic heterocycles. The third kappa shape index (κ3) is 11.8. The van der Waals surface area contributed by atoms with E-state index >= 15 is 0 Å². The van der Waals surface area contributed by atoms with Gasteiger partial charge in [0.05, 0.1) is 0 Å². The molecule has 0 amide bonds. The highest BCUT2D eigenvalue weighted by Gasteiger charge is 1.81. The molecule has 0 aromatic rings. The first-order chi connectivity index (χ1) is 3.91. The Balaban J connectivity index is 0. The second kappa shape index (κ2) is 11.2. The minimum atomic E-state index is 0. The number of carbonyl (C=O) groups excluding carboxylic acids is 1. The highest BCUT2D eigenvalue weighted by molar-refractivity contribution is 5.75. The van der Waals surface area contributed by atoms with Crippen LogP contribution in [0.2, 0.25) is 0 Å². The molecule has 0 aliphatic heterocycles. The van der Waals surface area contributed by atoms with Gasteiger partial charge in [0.1, 0.15) is 12.9 Å². The van der Waals surface area contributed by atoms with E-state index < -0.39 is 0 Å². The molecule has 52 valence electrons. The fraction of sp³-hybridized carbons (Fsp3) is 0.833. The molecular weight excluding hydrogens is 128 g/mol. The maximum atomic E-state index is 9.64. The molecule has 0 atom stereocenters. The Morgan fingerprint density at radius 3 is 2.67 bits per heavy atom. The molecular formula is C6H14MgO2. The summed E-state index contributed by atoms with van der Waals surface area (Å²) in [4.78, 5) is 9.64. The van der Waals surface area contributed by atoms with Crippen molar-refractivity contribution in [2.24, 2.45) is 0 Å². The number of hydrogen-bond donors (Lipinski definition) is 0. The predicted octanol–water partition coefficient (Wildman–Crippen LogP) is 0.0858. The SMILES string of the molecule is CCCCOCC=O.[MgH2]. The zero-order chi connectivity index (χ0) is 6.24. The van der Waals surface area contributed by atoms with Crippen LogP contribution in [-0.4, -0.2) is 42.6 Å². The largest absolute Gasteiger partial charge is 0.374 e. The quantitative estimate of drug-likeness (QED) is 0.309. The van der Waals surface area contributed by atoms with E-state index in [9.17, 15) is 4.79 Å². The fourth-order valence-electron chi connectivity index (χ4n) is 0.378. The minimum Gasteiger partial charge on any atom is -0.374 e. The molecule has 0 bridgehead atoms. The Kier molecular flexibility index (Phi) is 15.1. The summed E-state index contributed by atoms with van der Waals surface area (Å²) in [5.74, 6) is 0. The van der Waals surface area contributed by atoms with E-state index in [1.54, 1.807) is 0 Å². The predicted molar refractivity (Wildman–Crippen MR) is 40.3 cm³/mol. The summed E-state index contributed by atoms with van der Waals surface area (Å²) in [6.07, 6.45) is 2.95. The molecule has 0 aromatic carbocycles. The van der Waals surface area contributed by atoms with Crippen molar-refractivity contribution >= 4 is 29.3 Å². The Labute approximate surface area is 72.1 Å². The molecule has 0 saturated carbocycles. The van der Waals surface area contributed by atoms with E-state index in [-0.39, 0.29) is 29.7 Å². The number of carbonyl (C=O) groups is 1. The summed E-state index contributed by atoms with van der Waals surface area (Å²) in [7, 11) is 0. The van der Waals surface area contributed by atoms with Crippen molar-refractivity contribution in [1.29, 1.82) is 0 Å². The van der Waals surface area contributed by atoms with Gasteiger partial charge < -0.3 is 9.53 Å². The van der Waals surface area contributed by atoms with E-state index in [1.165, 1.54) is 0 Å². The molecule has 2 nitrogen and oxygen atoms in total. The lowest BCUT2D eigenvalue weighted by atomic mass is 10.4. The van der Waals surface area contributed by atoms with Gasteiger partial charge in [0.25, 0.3) is 0 Å². The number of ether oxygens (including phenoxy) is 1. The first-order valence-electron chi connectivity index (χ1n) is 2.93. The standard InChI is InChI=1S/C6H12O2.Mg.2H/c1-2-3-5-8-6-4-7;;;/h4H,2-3,5-6H2,1H3;;;. The van der Waals surface area contributed by atoms with Gasteiger partial charge in [-0.2, -0.15) is 0 Å². The summed E-state index contributed by atoms with van der Waals surface area (Å²) in [6.45, 7) is 3.06. The summed E-state index contributed by atoms with van der Waals surface area (Å²) < 4.78 is 4.86. The van der Waals surface area contributed by atoms with E-state index in [4.69, 9.17) is 4.74 Å². The molecule has 0 heterocycles. The molecule has 0 fully saturated rings. The van der Waals surface area contributed by atoms with Gasteiger partial charge in [-0.25, -0.2) is 0 Å². The van der Waals surface area contributed by atoms with Crippen LogP contribution in [0.25, 0.3) is 0 Å². The van der Waals surface area contributed by atoms with Crippen molar-refractivity contribution in [1.82, 2.24) is 0 Å². The lowest BCUT2D eigenvalue weighted by molar-refractivity contribution is -0.111. The lowest BCUT2D eigenvalue weighted by Crippen LogP contribution is -1.96. The van der Waals surface area contributed by atoms with Crippen LogP contribution in [0, 0.1) is 0 Å². The molecule has 9 heavy (non-hydrogen) atoms. The molecule has 0 unspecified atom stereocenters. The Bertz CT molecular complexity index is 57.0. The highest BCUT2D eigenvalue weighted by Crippen LogP contribution is 1.85. The average Bonchev–Trinajstić information content (AvgIpc) is 1.81. The van der Waals surface area contributed by atoms with E-state index in [0.29, 0.717) is 0 Å². The zero-order valence-electron chi connectivity index (χ0n) is 5.22. The second-order valence-corrected chi connectivity index (χ2v) is 1.60. The van der Waals surface area contributed by atoms with E-state index in [2.05, 4.69) is 6.92 Å². The molecule has 3 heteroatoms. The smallest absolute Gasteiger partial charge is 0.316 e. The van der Waals surface area contributed by atoms with Gasteiger partial charge in [0.2, 0.25) is 0 Å². The van der Waals surface area contributed by atoms with Crippen molar-refractivity contribution in [3.05, 3.63) is 0 Å². The van der Waals surface area contributed by atoms with Crippen LogP contribution in [0.15, 0.2) is 0 Å². The lowest BCUT2D eigenvalue weighted by Gasteiger charge is -1.94. The summed E-state index contributed by atoms with van der Waals surface area (Å²) >= 11 is 0. The summed E-state index contributed by atoms with van der Waals surface area (Å²) in [5, 5.41) is 0. The van der Waals surface area contributed by atoms with Crippen LogP contribution in [0.1, 0.15) is 19.8 Å². The number of unbranched alkanes of at least 4 members (excludes halogenated alkanes) is 1. The van der Waals surface area contributed by atoms with Crippen LogP contribution < -0.4 is 0 Å². The van der Waals surface area contributed by atoms with Gasteiger partial charge in [0, 0.05) is 6.61 Å². The number of hydrogen-bond acceptors (Lipinski definition) is 2. The zero-order valence-corrected chi connectivity index (χ0v) is 5.22. The molecule has 0 radical (unpaired) electrons. The highest BCUT2D eigenvalue weighted by atomic mass is 24.3. The van der Waals surface area contributed by atoms with Gasteiger partial charge in [-0.05, 0) is 6.42 Å². The maximum absolute atomic E-state index is 9.64. The monoisotopic (exact) mass is 142 g/mol. The third-order valence-electron chi connectivity index (χ3n) is 0.828. The van der Waals surface area contributed by atoms with Crippen LogP contribution >= 0.6 is 0 Å². The molecule has 0 spiro atoms. The van der Waals surface area contributed by atoms with E-state index in [0.717, 1.165) is 25.7 Å². The van der Waals surface area contributed by atoms with Crippen LogP contribution in [0.4, 0.5) is 0 Å².